The standard InChI is InChI=1S/C23H19FN4O2/c1-14-7-8-16(11-18(14)24)22(29)27-10-9-17-20(13-27)25-21-12-19(26-28(21)23(17)30)15-5-3-2-4-6-15/h2-8,11-12,26H,9-10,13H2,1H3. The van der Waals surface area contributed by atoms with Crippen LogP contribution in [0, 0.1) is 12.7 Å². The topological polar surface area (TPSA) is 70.5 Å². The van der Waals surface area contributed by atoms with Gasteiger partial charge in [-0.3, -0.25) is 14.7 Å². The molecule has 0 saturated carbocycles. The molecular formula is C23H19FN4O2. The van der Waals surface area contributed by atoms with E-state index in [1.54, 1.807) is 24.0 Å². The third-order valence-corrected chi connectivity index (χ3v) is 5.56. The van der Waals surface area contributed by atoms with E-state index in [2.05, 4.69) is 10.1 Å². The van der Waals surface area contributed by atoms with Crippen LogP contribution in [0.4, 0.5) is 4.39 Å². The Morgan fingerprint density at radius 2 is 1.93 bits per heavy atom. The number of aromatic nitrogens is 3. The lowest BCUT2D eigenvalue weighted by atomic mass is 10.0. The van der Waals surface area contributed by atoms with Gasteiger partial charge in [-0.25, -0.2) is 13.9 Å². The lowest BCUT2D eigenvalue weighted by Crippen LogP contribution is -2.39. The zero-order valence-electron chi connectivity index (χ0n) is 16.4. The molecule has 0 bridgehead atoms. The second-order valence-corrected chi connectivity index (χ2v) is 7.51. The summed E-state index contributed by atoms with van der Waals surface area (Å²) in [6, 6.07) is 16.0. The summed E-state index contributed by atoms with van der Waals surface area (Å²) in [7, 11) is 0. The van der Waals surface area contributed by atoms with E-state index in [9.17, 15) is 14.0 Å². The Balaban J connectivity index is 1.50. The predicted octanol–water partition coefficient (Wildman–Crippen LogP) is 3.34. The van der Waals surface area contributed by atoms with Crippen molar-refractivity contribution in [2.45, 2.75) is 19.9 Å². The van der Waals surface area contributed by atoms with Gasteiger partial charge in [0.15, 0.2) is 5.65 Å². The molecule has 4 aromatic rings. The zero-order chi connectivity index (χ0) is 20.8. The van der Waals surface area contributed by atoms with Crippen LogP contribution in [0.2, 0.25) is 0 Å². The van der Waals surface area contributed by atoms with Crippen molar-refractivity contribution >= 4 is 11.6 Å². The Morgan fingerprint density at radius 3 is 2.70 bits per heavy atom. The maximum atomic E-state index is 13.9. The molecule has 30 heavy (non-hydrogen) atoms. The van der Waals surface area contributed by atoms with E-state index in [1.165, 1.54) is 10.6 Å². The van der Waals surface area contributed by atoms with Crippen molar-refractivity contribution in [2.24, 2.45) is 0 Å². The van der Waals surface area contributed by atoms with Crippen molar-refractivity contribution in [3.63, 3.8) is 0 Å². The fourth-order valence-electron chi connectivity index (χ4n) is 3.84. The molecule has 0 aliphatic carbocycles. The summed E-state index contributed by atoms with van der Waals surface area (Å²) in [6.45, 7) is 2.27. The Labute approximate surface area is 171 Å². The Bertz CT molecular complexity index is 1340. The van der Waals surface area contributed by atoms with Gasteiger partial charge in [0.05, 0.1) is 17.9 Å². The lowest BCUT2D eigenvalue weighted by molar-refractivity contribution is 0.0731. The normalized spacial score (nSPS) is 13.5. The fraction of sp³-hybridized carbons (Fsp3) is 0.174. The number of amides is 1. The molecule has 6 nitrogen and oxygen atoms in total. The first-order valence-corrected chi connectivity index (χ1v) is 9.75. The molecule has 7 heteroatoms. The number of hydrogen-bond acceptors (Lipinski definition) is 3. The molecule has 0 radical (unpaired) electrons. The van der Waals surface area contributed by atoms with Crippen molar-refractivity contribution in [3.8, 4) is 11.3 Å². The van der Waals surface area contributed by atoms with Crippen LogP contribution in [0.5, 0.6) is 0 Å². The van der Waals surface area contributed by atoms with Crippen molar-refractivity contribution in [2.75, 3.05) is 6.54 Å². The number of aromatic amines is 1. The van der Waals surface area contributed by atoms with E-state index in [0.717, 1.165) is 11.3 Å². The quantitative estimate of drug-likeness (QED) is 0.559. The van der Waals surface area contributed by atoms with E-state index < -0.39 is 5.82 Å². The highest BCUT2D eigenvalue weighted by atomic mass is 19.1. The van der Waals surface area contributed by atoms with Crippen LogP contribution >= 0.6 is 0 Å². The third-order valence-electron chi connectivity index (χ3n) is 5.56. The van der Waals surface area contributed by atoms with Gasteiger partial charge >= 0.3 is 0 Å². The first-order valence-electron chi connectivity index (χ1n) is 9.75. The average Bonchev–Trinajstić information content (AvgIpc) is 3.20. The molecule has 0 spiro atoms. The van der Waals surface area contributed by atoms with Crippen LogP contribution in [-0.2, 0) is 13.0 Å². The number of aryl methyl sites for hydroxylation is 1. The highest BCUT2D eigenvalue weighted by molar-refractivity contribution is 5.94. The smallest absolute Gasteiger partial charge is 0.276 e. The van der Waals surface area contributed by atoms with Gasteiger partial charge in [0.2, 0.25) is 0 Å². The molecule has 2 aromatic heterocycles. The molecule has 1 aliphatic heterocycles. The van der Waals surface area contributed by atoms with Crippen molar-refractivity contribution in [3.05, 3.63) is 93.2 Å². The van der Waals surface area contributed by atoms with Gasteiger partial charge in [-0.2, -0.15) is 0 Å². The van der Waals surface area contributed by atoms with Gasteiger partial charge in [0.1, 0.15) is 5.82 Å². The van der Waals surface area contributed by atoms with Crippen LogP contribution in [0.1, 0.15) is 27.2 Å². The molecule has 3 heterocycles. The van der Waals surface area contributed by atoms with E-state index in [4.69, 9.17) is 0 Å². The highest BCUT2D eigenvalue weighted by Crippen LogP contribution is 2.22. The molecule has 0 fully saturated rings. The lowest BCUT2D eigenvalue weighted by Gasteiger charge is -2.27. The number of benzene rings is 2. The molecule has 1 aliphatic rings. The molecule has 5 rings (SSSR count). The third kappa shape index (κ3) is 2.99. The first-order chi connectivity index (χ1) is 14.5. The molecule has 1 N–H and O–H groups in total. The maximum Gasteiger partial charge on any atom is 0.276 e. The summed E-state index contributed by atoms with van der Waals surface area (Å²) < 4.78 is 15.3. The minimum atomic E-state index is -0.405. The number of nitrogens with zero attached hydrogens (tertiary/aromatic N) is 3. The maximum absolute atomic E-state index is 13.9. The Hall–Kier alpha value is -3.74. The van der Waals surface area contributed by atoms with Crippen molar-refractivity contribution < 1.29 is 9.18 Å². The van der Waals surface area contributed by atoms with E-state index in [0.29, 0.717) is 41.0 Å². The second-order valence-electron chi connectivity index (χ2n) is 7.51. The summed E-state index contributed by atoms with van der Waals surface area (Å²) in [6.07, 6.45) is 0.407. The fourth-order valence-corrected chi connectivity index (χ4v) is 3.84. The number of halogens is 1. The number of H-pyrrole nitrogens is 1. The van der Waals surface area contributed by atoms with Crippen LogP contribution < -0.4 is 5.56 Å². The predicted molar refractivity (Wildman–Crippen MR) is 111 cm³/mol. The molecule has 1 amide bonds. The molecular weight excluding hydrogens is 383 g/mol. The summed E-state index contributed by atoms with van der Waals surface area (Å²) in [4.78, 5) is 32.1. The van der Waals surface area contributed by atoms with E-state index in [-0.39, 0.29) is 18.0 Å². The zero-order valence-corrected chi connectivity index (χ0v) is 16.4. The van der Waals surface area contributed by atoms with E-state index in [1.807, 2.05) is 36.4 Å². The number of nitrogens with one attached hydrogen (secondary N) is 1. The van der Waals surface area contributed by atoms with Gasteiger partial charge in [0, 0.05) is 23.7 Å². The number of fused-ring (bicyclic) bond motifs is 2. The van der Waals surface area contributed by atoms with Crippen LogP contribution in [-0.4, -0.2) is 31.9 Å². The Morgan fingerprint density at radius 1 is 1.13 bits per heavy atom. The molecule has 0 unspecified atom stereocenters. The molecule has 0 atom stereocenters. The van der Waals surface area contributed by atoms with Gasteiger partial charge in [-0.1, -0.05) is 36.4 Å². The van der Waals surface area contributed by atoms with Crippen LogP contribution in [0.25, 0.3) is 16.9 Å². The SMILES string of the molecule is Cc1ccc(C(=O)N2CCc3c(nc4cc(-c5ccccc5)[nH]n4c3=O)C2)cc1F. The van der Waals surface area contributed by atoms with Crippen LogP contribution in [0.3, 0.4) is 0 Å². The summed E-state index contributed by atoms with van der Waals surface area (Å²) >= 11 is 0. The monoisotopic (exact) mass is 402 g/mol. The molecule has 150 valence electrons. The summed E-state index contributed by atoms with van der Waals surface area (Å²) in [5.74, 6) is -0.669. The second kappa shape index (κ2) is 6.95. The van der Waals surface area contributed by atoms with Gasteiger partial charge in [-0.05, 0) is 36.6 Å². The average molecular weight is 402 g/mol. The van der Waals surface area contributed by atoms with Gasteiger partial charge in [-0.15, -0.1) is 0 Å². The van der Waals surface area contributed by atoms with Crippen LogP contribution in [0.15, 0.2) is 59.4 Å². The number of carbonyl (C=O) groups is 1. The van der Waals surface area contributed by atoms with Gasteiger partial charge < -0.3 is 4.90 Å². The van der Waals surface area contributed by atoms with Crippen molar-refractivity contribution in [1.82, 2.24) is 19.5 Å². The number of rotatable bonds is 2. The summed E-state index contributed by atoms with van der Waals surface area (Å²) in [5, 5.41) is 3.12. The summed E-state index contributed by atoms with van der Waals surface area (Å²) in [5.41, 5.74) is 4.10. The number of carbonyl (C=O) groups excluding carboxylic acids is 1. The minimum Gasteiger partial charge on any atom is -0.332 e. The largest absolute Gasteiger partial charge is 0.332 e. The van der Waals surface area contributed by atoms with Crippen molar-refractivity contribution in [1.29, 1.82) is 0 Å². The van der Waals surface area contributed by atoms with E-state index >= 15 is 0 Å². The minimum absolute atomic E-state index is 0.148. The first kappa shape index (κ1) is 18.3. The number of hydrogen-bond donors (Lipinski definition) is 1. The highest BCUT2D eigenvalue weighted by Gasteiger charge is 2.26. The Kier molecular flexibility index (Phi) is 4.24. The molecule has 0 saturated heterocycles. The molecule has 2 aromatic carbocycles. The van der Waals surface area contributed by atoms with Gasteiger partial charge in [0.25, 0.3) is 11.5 Å².